The highest BCUT2D eigenvalue weighted by atomic mass is 16.7. The summed E-state index contributed by atoms with van der Waals surface area (Å²) in [5.74, 6) is 1.63. The molecular formula is C31H42O5. The van der Waals surface area contributed by atoms with E-state index in [4.69, 9.17) is 14.2 Å². The van der Waals surface area contributed by atoms with E-state index in [1.165, 1.54) is 6.42 Å². The molecule has 1 aliphatic heterocycles. The molecule has 6 rings (SSSR count). The van der Waals surface area contributed by atoms with Crippen LogP contribution >= 0.6 is 0 Å². The SMILES string of the molecule is C[C@H](C=O)[C@H]1CCC2C3C(CC[C@@]21C)[C@@]1(C)CCC2(C[C@@H]1C[C@H]3OC(=O)c1ccccc1)OCCO2. The number of hydrogen-bond donors (Lipinski definition) is 0. The molecule has 5 aliphatic rings. The summed E-state index contributed by atoms with van der Waals surface area (Å²) in [7, 11) is 0. The van der Waals surface area contributed by atoms with Crippen LogP contribution in [0.5, 0.6) is 0 Å². The Hall–Kier alpha value is -1.72. The predicted molar refractivity (Wildman–Crippen MR) is 136 cm³/mol. The van der Waals surface area contributed by atoms with E-state index in [0.29, 0.717) is 48.4 Å². The second kappa shape index (κ2) is 8.94. The first kappa shape index (κ1) is 24.6. The third kappa shape index (κ3) is 3.71. The number of benzene rings is 1. The van der Waals surface area contributed by atoms with Crippen LogP contribution in [0.15, 0.2) is 30.3 Å². The Bertz CT molecular complexity index is 986. The van der Waals surface area contributed by atoms with E-state index < -0.39 is 5.79 Å². The molecule has 0 bridgehead atoms. The molecule has 5 fully saturated rings. The second-order valence-corrected chi connectivity index (χ2v) is 13.1. The highest BCUT2D eigenvalue weighted by molar-refractivity contribution is 5.89. The predicted octanol–water partition coefficient (Wildman–Crippen LogP) is 6.06. The minimum absolute atomic E-state index is 0.0833. The minimum atomic E-state index is -0.438. The van der Waals surface area contributed by atoms with Gasteiger partial charge in [-0.3, -0.25) is 0 Å². The normalized spacial score (nSPS) is 43.8. The van der Waals surface area contributed by atoms with Gasteiger partial charge in [-0.25, -0.2) is 4.79 Å². The van der Waals surface area contributed by atoms with Crippen LogP contribution in [0.3, 0.4) is 0 Å². The molecule has 1 heterocycles. The van der Waals surface area contributed by atoms with Crippen molar-refractivity contribution in [1.29, 1.82) is 0 Å². The molecule has 5 nitrogen and oxygen atoms in total. The number of ether oxygens (including phenoxy) is 3. The molecule has 1 aromatic rings. The Morgan fingerprint density at radius 1 is 1.00 bits per heavy atom. The van der Waals surface area contributed by atoms with Gasteiger partial charge in [-0.15, -0.1) is 0 Å². The molecule has 1 saturated heterocycles. The maximum Gasteiger partial charge on any atom is 0.338 e. The Morgan fingerprint density at radius 2 is 1.72 bits per heavy atom. The van der Waals surface area contributed by atoms with Crippen LogP contribution in [0, 0.1) is 46.3 Å². The first-order valence-corrected chi connectivity index (χ1v) is 14.3. The molecule has 3 unspecified atom stereocenters. The number of fused-ring (bicyclic) bond motifs is 5. The summed E-state index contributed by atoms with van der Waals surface area (Å²) in [6.07, 6.45) is 9.47. The van der Waals surface area contributed by atoms with Crippen molar-refractivity contribution in [3.05, 3.63) is 35.9 Å². The van der Waals surface area contributed by atoms with Crippen molar-refractivity contribution in [2.45, 2.75) is 84.0 Å². The largest absolute Gasteiger partial charge is 0.458 e. The highest BCUT2D eigenvalue weighted by Gasteiger charge is 2.65. The summed E-state index contributed by atoms with van der Waals surface area (Å²) < 4.78 is 18.8. The number of rotatable bonds is 4. The van der Waals surface area contributed by atoms with Gasteiger partial charge in [0, 0.05) is 24.7 Å². The third-order valence-electron chi connectivity index (χ3n) is 11.7. The molecule has 4 aliphatic carbocycles. The maximum atomic E-state index is 13.3. The fraction of sp³-hybridized carbons (Fsp3) is 0.742. The van der Waals surface area contributed by atoms with Crippen molar-refractivity contribution in [2.75, 3.05) is 13.2 Å². The standard InChI is InChI=1S/C31H42O5/c1-20(19-32)23-9-10-24-27-25(11-12-30(23,24)3)29(2)13-14-31(34-15-16-35-31)18-22(29)17-26(27)36-28(33)21-7-5-4-6-8-21/h4-8,19-20,22-27H,9-18H2,1-3H3/t20-,22+,23-,24?,25?,26-,27?,29+,30-/m1/s1. The van der Waals surface area contributed by atoms with Gasteiger partial charge < -0.3 is 19.0 Å². The van der Waals surface area contributed by atoms with Crippen LogP contribution in [0.1, 0.15) is 82.5 Å². The number of hydrogen-bond acceptors (Lipinski definition) is 5. The van der Waals surface area contributed by atoms with E-state index in [1.807, 2.05) is 30.3 Å². The van der Waals surface area contributed by atoms with Crippen LogP contribution in [0.2, 0.25) is 0 Å². The summed E-state index contributed by atoms with van der Waals surface area (Å²) in [5.41, 5.74) is 0.967. The first-order valence-electron chi connectivity index (χ1n) is 14.3. The Kier molecular flexibility index (Phi) is 6.11. The van der Waals surface area contributed by atoms with Gasteiger partial charge in [-0.05, 0) is 85.2 Å². The first-order chi connectivity index (χ1) is 17.3. The molecule has 0 aromatic heterocycles. The van der Waals surface area contributed by atoms with Gasteiger partial charge in [0.2, 0.25) is 0 Å². The van der Waals surface area contributed by atoms with E-state index in [2.05, 4.69) is 20.8 Å². The number of carbonyl (C=O) groups is 2. The van der Waals surface area contributed by atoms with Gasteiger partial charge >= 0.3 is 5.97 Å². The van der Waals surface area contributed by atoms with Crippen molar-refractivity contribution >= 4 is 12.3 Å². The fourth-order valence-corrected chi connectivity index (χ4v) is 9.80. The molecule has 5 heteroatoms. The van der Waals surface area contributed by atoms with Gasteiger partial charge in [0.25, 0.3) is 0 Å². The molecule has 36 heavy (non-hydrogen) atoms. The zero-order valence-corrected chi connectivity index (χ0v) is 22.1. The lowest BCUT2D eigenvalue weighted by Crippen LogP contribution is -2.60. The Balaban J connectivity index is 1.34. The molecular weight excluding hydrogens is 452 g/mol. The van der Waals surface area contributed by atoms with Gasteiger partial charge in [0.1, 0.15) is 12.4 Å². The molecule has 1 spiro atoms. The van der Waals surface area contributed by atoms with Crippen LogP contribution in [0.4, 0.5) is 0 Å². The summed E-state index contributed by atoms with van der Waals surface area (Å²) in [6.45, 7) is 8.41. The summed E-state index contributed by atoms with van der Waals surface area (Å²) in [5, 5.41) is 0. The summed E-state index contributed by atoms with van der Waals surface area (Å²) >= 11 is 0. The van der Waals surface area contributed by atoms with Crippen molar-refractivity contribution in [3.63, 3.8) is 0 Å². The zero-order valence-electron chi connectivity index (χ0n) is 22.1. The molecule has 0 N–H and O–H groups in total. The van der Waals surface area contributed by atoms with Crippen molar-refractivity contribution < 1.29 is 23.8 Å². The molecule has 0 radical (unpaired) electrons. The highest BCUT2D eigenvalue weighted by Crippen LogP contribution is 2.69. The molecule has 9 atom stereocenters. The average molecular weight is 495 g/mol. The quantitative estimate of drug-likeness (QED) is 0.376. The van der Waals surface area contributed by atoms with Gasteiger partial charge in [-0.1, -0.05) is 39.0 Å². The monoisotopic (exact) mass is 494 g/mol. The lowest BCUT2D eigenvalue weighted by molar-refractivity contribution is -0.242. The lowest BCUT2D eigenvalue weighted by atomic mass is 9.43. The number of aldehydes is 1. The van der Waals surface area contributed by atoms with Crippen molar-refractivity contribution in [2.24, 2.45) is 46.3 Å². The molecule has 4 saturated carbocycles. The average Bonchev–Trinajstić information content (AvgIpc) is 3.49. The van der Waals surface area contributed by atoms with Crippen molar-refractivity contribution in [1.82, 2.24) is 0 Å². The van der Waals surface area contributed by atoms with E-state index in [0.717, 1.165) is 51.2 Å². The van der Waals surface area contributed by atoms with E-state index in [9.17, 15) is 9.59 Å². The molecule has 196 valence electrons. The fourth-order valence-electron chi connectivity index (χ4n) is 9.80. The van der Waals surface area contributed by atoms with Gasteiger partial charge in [0.05, 0.1) is 18.8 Å². The van der Waals surface area contributed by atoms with Gasteiger partial charge in [0.15, 0.2) is 5.79 Å². The van der Waals surface area contributed by atoms with Crippen LogP contribution in [-0.2, 0) is 19.0 Å². The topological polar surface area (TPSA) is 61.8 Å². The maximum absolute atomic E-state index is 13.3. The van der Waals surface area contributed by atoms with E-state index in [-0.39, 0.29) is 28.8 Å². The Morgan fingerprint density at radius 3 is 2.44 bits per heavy atom. The number of carbonyl (C=O) groups excluding carboxylic acids is 2. The van der Waals surface area contributed by atoms with Crippen molar-refractivity contribution in [3.8, 4) is 0 Å². The smallest absolute Gasteiger partial charge is 0.338 e. The molecule has 1 aromatic carbocycles. The number of esters is 1. The summed E-state index contributed by atoms with van der Waals surface area (Å²) in [6, 6.07) is 9.44. The Labute approximate surface area is 215 Å². The second-order valence-electron chi connectivity index (χ2n) is 13.1. The van der Waals surface area contributed by atoms with Crippen LogP contribution < -0.4 is 0 Å². The summed E-state index contributed by atoms with van der Waals surface area (Å²) in [4.78, 5) is 25.2. The minimum Gasteiger partial charge on any atom is -0.458 e. The van der Waals surface area contributed by atoms with E-state index >= 15 is 0 Å². The third-order valence-corrected chi connectivity index (χ3v) is 11.7. The molecule has 0 amide bonds. The van der Waals surface area contributed by atoms with E-state index in [1.54, 1.807) is 0 Å². The van der Waals surface area contributed by atoms with Crippen LogP contribution in [0.25, 0.3) is 0 Å². The van der Waals surface area contributed by atoms with Crippen LogP contribution in [-0.4, -0.2) is 37.4 Å². The zero-order chi connectivity index (χ0) is 25.1. The lowest BCUT2D eigenvalue weighted by Gasteiger charge is -2.63. The van der Waals surface area contributed by atoms with Gasteiger partial charge in [-0.2, -0.15) is 0 Å².